The number of aromatic amines is 1. The fourth-order valence-electron chi connectivity index (χ4n) is 1.85. The maximum absolute atomic E-state index is 5.35. The van der Waals surface area contributed by atoms with E-state index in [9.17, 15) is 0 Å². The Hall–Kier alpha value is -1.58. The van der Waals surface area contributed by atoms with Gasteiger partial charge in [0.2, 0.25) is 5.88 Å². The molecule has 4 nitrogen and oxygen atoms in total. The summed E-state index contributed by atoms with van der Waals surface area (Å²) >= 11 is 0. The van der Waals surface area contributed by atoms with Crippen molar-refractivity contribution in [2.75, 3.05) is 6.61 Å². The van der Waals surface area contributed by atoms with Gasteiger partial charge >= 0.3 is 0 Å². The zero-order chi connectivity index (χ0) is 11.0. The molecular weight excluding hydrogens is 202 g/mol. The minimum atomic E-state index is 0.637. The van der Waals surface area contributed by atoms with Crippen molar-refractivity contribution in [3.05, 3.63) is 18.0 Å². The maximum Gasteiger partial charge on any atom is 0.215 e. The second kappa shape index (κ2) is 3.77. The zero-order valence-corrected chi connectivity index (χ0v) is 9.36. The SMILES string of the molecule is CCOc1ccc2[nH]c(CC3CC3)nc2n1. The second-order valence-corrected chi connectivity index (χ2v) is 4.28. The molecule has 2 heterocycles. The number of rotatable bonds is 4. The monoisotopic (exact) mass is 217 g/mol. The van der Waals surface area contributed by atoms with Gasteiger partial charge in [0.15, 0.2) is 5.65 Å². The van der Waals surface area contributed by atoms with Gasteiger partial charge in [0.05, 0.1) is 12.1 Å². The number of hydrogen-bond acceptors (Lipinski definition) is 3. The number of hydrogen-bond donors (Lipinski definition) is 1. The summed E-state index contributed by atoms with van der Waals surface area (Å²) in [5, 5.41) is 0. The summed E-state index contributed by atoms with van der Waals surface area (Å²) in [6.07, 6.45) is 3.74. The Balaban J connectivity index is 1.90. The zero-order valence-electron chi connectivity index (χ0n) is 9.36. The van der Waals surface area contributed by atoms with Crippen molar-refractivity contribution < 1.29 is 4.74 Å². The summed E-state index contributed by atoms with van der Waals surface area (Å²) in [5.74, 6) is 2.55. The van der Waals surface area contributed by atoms with Crippen LogP contribution in [0.5, 0.6) is 5.88 Å². The lowest BCUT2D eigenvalue weighted by atomic mass is 10.3. The van der Waals surface area contributed by atoms with Gasteiger partial charge in [0.1, 0.15) is 5.82 Å². The molecule has 2 aromatic heterocycles. The molecule has 2 aromatic rings. The topological polar surface area (TPSA) is 50.8 Å². The molecule has 0 amide bonds. The summed E-state index contributed by atoms with van der Waals surface area (Å²) in [5.41, 5.74) is 1.76. The van der Waals surface area contributed by atoms with Crippen LogP contribution in [0.4, 0.5) is 0 Å². The molecule has 16 heavy (non-hydrogen) atoms. The third-order valence-electron chi connectivity index (χ3n) is 2.84. The molecule has 1 saturated carbocycles. The van der Waals surface area contributed by atoms with Crippen LogP contribution in [0.2, 0.25) is 0 Å². The van der Waals surface area contributed by atoms with Crippen molar-refractivity contribution in [2.45, 2.75) is 26.2 Å². The Kier molecular flexibility index (Phi) is 2.27. The minimum absolute atomic E-state index is 0.637. The summed E-state index contributed by atoms with van der Waals surface area (Å²) in [6.45, 7) is 2.59. The number of imidazole rings is 1. The first kappa shape index (κ1) is 9.63. The van der Waals surface area contributed by atoms with Gasteiger partial charge in [-0.15, -0.1) is 0 Å². The molecule has 1 aliphatic carbocycles. The number of aromatic nitrogens is 3. The fraction of sp³-hybridized carbons (Fsp3) is 0.500. The average molecular weight is 217 g/mol. The quantitative estimate of drug-likeness (QED) is 0.855. The van der Waals surface area contributed by atoms with E-state index in [4.69, 9.17) is 4.74 Å². The number of ether oxygens (including phenoxy) is 1. The van der Waals surface area contributed by atoms with Crippen LogP contribution < -0.4 is 4.74 Å². The van der Waals surface area contributed by atoms with Crippen molar-refractivity contribution in [1.29, 1.82) is 0 Å². The molecule has 1 aliphatic rings. The third-order valence-corrected chi connectivity index (χ3v) is 2.84. The molecule has 84 valence electrons. The molecule has 1 N–H and O–H groups in total. The van der Waals surface area contributed by atoms with Crippen LogP contribution in [-0.4, -0.2) is 21.6 Å². The largest absolute Gasteiger partial charge is 0.478 e. The van der Waals surface area contributed by atoms with Crippen LogP contribution in [0.15, 0.2) is 12.1 Å². The smallest absolute Gasteiger partial charge is 0.215 e. The highest BCUT2D eigenvalue weighted by molar-refractivity contribution is 5.71. The van der Waals surface area contributed by atoms with Crippen LogP contribution in [-0.2, 0) is 6.42 Å². The molecule has 1 fully saturated rings. The van der Waals surface area contributed by atoms with Crippen LogP contribution >= 0.6 is 0 Å². The van der Waals surface area contributed by atoms with Crippen molar-refractivity contribution in [3.8, 4) is 5.88 Å². The van der Waals surface area contributed by atoms with Crippen molar-refractivity contribution in [3.63, 3.8) is 0 Å². The van der Waals surface area contributed by atoms with Gasteiger partial charge in [-0.05, 0) is 31.7 Å². The predicted molar refractivity (Wildman–Crippen MR) is 61.5 cm³/mol. The summed E-state index contributed by atoms with van der Waals surface area (Å²) < 4.78 is 5.35. The van der Waals surface area contributed by atoms with E-state index in [2.05, 4.69) is 15.0 Å². The Morgan fingerprint density at radius 1 is 1.38 bits per heavy atom. The highest BCUT2D eigenvalue weighted by Gasteiger charge is 2.23. The molecular formula is C12H15N3O. The number of fused-ring (bicyclic) bond motifs is 1. The number of nitrogens with zero attached hydrogens (tertiary/aromatic N) is 2. The third kappa shape index (κ3) is 1.87. The van der Waals surface area contributed by atoms with Crippen molar-refractivity contribution in [1.82, 2.24) is 15.0 Å². The number of nitrogens with one attached hydrogen (secondary N) is 1. The van der Waals surface area contributed by atoms with Gasteiger partial charge in [-0.3, -0.25) is 0 Å². The molecule has 0 bridgehead atoms. The van der Waals surface area contributed by atoms with Crippen LogP contribution in [0.25, 0.3) is 11.2 Å². The van der Waals surface area contributed by atoms with E-state index in [1.807, 2.05) is 19.1 Å². The van der Waals surface area contributed by atoms with E-state index in [-0.39, 0.29) is 0 Å². The van der Waals surface area contributed by atoms with Gasteiger partial charge in [-0.1, -0.05) is 0 Å². The van der Waals surface area contributed by atoms with Gasteiger partial charge in [0, 0.05) is 12.5 Å². The lowest BCUT2D eigenvalue weighted by Gasteiger charge is -1.99. The Labute approximate surface area is 94.1 Å². The van der Waals surface area contributed by atoms with Gasteiger partial charge in [0.25, 0.3) is 0 Å². The van der Waals surface area contributed by atoms with E-state index in [1.165, 1.54) is 12.8 Å². The summed E-state index contributed by atoms with van der Waals surface area (Å²) in [7, 11) is 0. The first-order chi connectivity index (χ1) is 7.85. The number of H-pyrrole nitrogens is 1. The highest BCUT2D eigenvalue weighted by Crippen LogP contribution is 2.32. The first-order valence-corrected chi connectivity index (χ1v) is 5.83. The number of pyridine rings is 1. The molecule has 0 radical (unpaired) electrons. The van der Waals surface area contributed by atoms with Crippen LogP contribution in [0.3, 0.4) is 0 Å². The second-order valence-electron chi connectivity index (χ2n) is 4.28. The predicted octanol–water partition coefficient (Wildman–Crippen LogP) is 2.31. The van der Waals surface area contributed by atoms with E-state index < -0.39 is 0 Å². The van der Waals surface area contributed by atoms with E-state index >= 15 is 0 Å². The van der Waals surface area contributed by atoms with Crippen molar-refractivity contribution >= 4 is 11.2 Å². The molecule has 3 rings (SSSR count). The van der Waals surface area contributed by atoms with Gasteiger partial charge in [-0.25, -0.2) is 4.98 Å². The Morgan fingerprint density at radius 3 is 3.00 bits per heavy atom. The average Bonchev–Trinajstić information content (AvgIpc) is 2.97. The van der Waals surface area contributed by atoms with E-state index in [0.717, 1.165) is 29.3 Å². The lowest BCUT2D eigenvalue weighted by molar-refractivity contribution is 0.328. The molecule has 0 aliphatic heterocycles. The standard InChI is InChI=1S/C12H15N3O/c1-2-16-11-6-5-9-12(15-11)14-10(13-9)7-8-3-4-8/h5-6,8H,2-4,7H2,1H3,(H,13,14,15). The molecule has 0 unspecified atom stereocenters. The molecule has 0 atom stereocenters. The van der Waals surface area contributed by atoms with Gasteiger partial charge < -0.3 is 9.72 Å². The van der Waals surface area contributed by atoms with Gasteiger partial charge in [-0.2, -0.15) is 4.98 Å². The molecule has 0 saturated heterocycles. The Bertz CT molecular complexity index is 502. The summed E-state index contributed by atoms with van der Waals surface area (Å²) in [6, 6.07) is 3.86. The minimum Gasteiger partial charge on any atom is -0.478 e. The highest BCUT2D eigenvalue weighted by atomic mass is 16.5. The van der Waals surface area contributed by atoms with Crippen molar-refractivity contribution in [2.24, 2.45) is 5.92 Å². The maximum atomic E-state index is 5.35. The molecule has 0 aromatic carbocycles. The van der Waals surface area contributed by atoms with E-state index in [1.54, 1.807) is 0 Å². The van der Waals surface area contributed by atoms with Crippen LogP contribution in [0.1, 0.15) is 25.6 Å². The first-order valence-electron chi connectivity index (χ1n) is 5.83. The molecule has 4 heteroatoms. The van der Waals surface area contributed by atoms with E-state index in [0.29, 0.717) is 12.5 Å². The molecule has 0 spiro atoms. The van der Waals surface area contributed by atoms with Crippen LogP contribution in [0, 0.1) is 5.92 Å². The normalized spacial score (nSPS) is 15.6. The lowest BCUT2D eigenvalue weighted by Crippen LogP contribution is -1.93. The fourth-order valence-corrected chi connectivity index (χ4v) is 1.85. The Morgan fingerprint density at radius 2 is 2.25 bits per heavy atom. The summed E-state index contributed by atoms with van der Waals surface area (Å²) in [4.78, 5) is 12.1.